The molecule has 0 fully saturated rings. The highest BCUT2D eigenvalue weighted by molar-refractivity contribution is 6.24. The summed E-state index contributed by atoms with van der Waals surface area (Å²) >= 11 is 0. The molecule has 0 saturated heterocycles. The zero-order valence-electron chi connectivity index (χ0n) is 29.8. The van der Waals surface area contributed by atoms with E-state index in [-0.39, 0.29) is 0 Å². The molecule has 1 aliphatic rings. The van der Waals surface area contributed by atoms with Gasteiger partial charge in [0, 0.05) is 50.1 Å². The molecule has 8 aromatic carbocycles. The van der Waals surface area contributed by atoms with Crippen molar-refractivity contribution in [2.45, 2.75) is 0 Å². The number of rotatable bonds is 4. The Morgan fingerprint density at radius 2 is 1.07 bits per heavy atom. The van der Waals surface area contributed by atoms with E-state index >= 15 is 0 Å². The number of fused-ring (bicyclic) bond motifs is 9. The predicted molar refractivity (Wildman–Crippen MR) is 230 cm³/mol. The van der Waals surface area contributed by atoms with Crippen LogP contribution in [0.2, 0.25) is 0 Å². The lowest BCUT2D eigenvalue weighted by molar-refractivity contribution is 1.08. The van der Waals surface area contributed by atoms with Crippen molar-refractivity contribution < 1.29 is 0 Å². The van der Waals surface area contributed by atoms with Gasteiger partial charge < -0.3 is 9.47 Å². The molecule has 3 aromatic heterocycles. The molecule has 11 aromatic rings. The summed E-state index contributed by atoms with van der Waals surface area (Å²) in [7, 11) is 0. The number of aromatic nitrogens is 3. The average molecular weight is 701 g/mol. The van der Waals surface area contributed by atoms with Crippen molar-refractivity contribution in [1.82, 2.24) is 14.1 Å². The highest BCUT2D eigenvalue weighted by Crippen LogP contribution is 2.55. The average Bonchev–Trinajstić information content (AvgIpc) is 3.77. The molecule has 0 aliphatic carbocycles. The number of hydrogen-bond donors (Lipinski definition) is 0. The molecule has 0 amide bonds. The van der Waals surface area contributed by atoms with Gasteiger partial charge in [0.2, 0.25) is 0 Å². The molecule has 55 heavy (non-hydrogen) atoms. The molecule has 4 heterocycles. The van der Waals surface area contributed by atoms with Crippen molar-refractivity contribution in [1.29, 1.82) is 0 Å². The van der Waals surface area contributed by atoms with E-state index in [1.807, 2.05) is 18.3 Å². The normalized spacial score (nSPS) is 12.3. The Bertz CT molecular complexity index is 3310. The zero-order valence-corrected chi connectivity index (χ0v) is 29.8. The Kier molecular flexibility index (Phi) is 6.31. The van der Waals surface area contributed by atoms with Crippen LogP contribution in [-0.2, 0) is 0 Å². The largest absolute Gasteiger partial charge is 0.309 e. The fourth-order valence-electron chi connectivity index (χ4n) is 9.18. The van der Waals surface area contributed by atoms with E-state index in [4.69, 9.17) is 4.98 Å². The van der Waals surface area contributed by atoms with Crippen molar-refractivity contribution in [3.63, 3.8) is 0 Å². The fraction of sp³-hybridized carbons (Fsp3) is 0. The maximum atomic E-state index is 4.72. The van der Waals surface area contributed by atoms with E-state index in [0.717, 1.165) is 28.2 Å². The molecule has 4 heteroatoms. The summed E-state index contributed by atoms with van der Waals surface area (Å²) in [5, 5.41) is 7.45. The number of pyridine rings is 1. The van der Waals surface area contributed by atoms with Gasteiger partial charge in [-0.2, -0.15) is 0 Å². The Labute approximate surface area is 317 Å². The third-order valence-corrected chi connectivity index (χ3v) is 11.5. The van der Waals surface area contributed by atoms with Crippen molar-refractivity contribution in [2.24, 2.45) is 0 Å². The summed E-state index contributed by atoms with van der Waals surface area (Å²) in [5.41, 5.74) is 14.2. The Hall–Kier alpha value is -7.43. The predicted octanol–water partition coefficient (Wildman–Crippen LogP) is 13.5. The topological polar surface area (TPSA) is 26.0 Å². The number of para-hydroxylation sites is 3. The van der Waals surface area contributed by atoms with Gasteiger partial charge in [-0.1, -0.05) is 115 Å². The summed E-state index contributed by atoms with van der Waals surface area (Å²) in [6.07, 6.45) is 1.86. The van der Waals surface area contributed by atoms with Crippen molar-refractivity contribution in [2.75, 3.05) is 4.90 Å². The van der Waals surface area contributed by atoms with Crippen molar-refractivity contribution >= 4 is 71.4 Å². The molecule has 12 rings (SSSR count). The number of nitrogens with zero attached hydrogens (tertiary/aromatic N) is 4. The van der Waals surface area contributed by atoms with Crippen LogP contribution in [0.5, 0.6) is 0 Å². The van der Waals surface area contributed by atoms with Gasteiger partial charge >= 0.3 is 0 Å². The molecule has 0 atom stereocenters. The number of benzene rings is 8. The lowest BCUT2D eigenvalue weighted by Gasteiger charge is -2.34. The minimum absolute atomic E-state index is 0.919. The Morgan fingerprint density at radius 1 is 0.382 bits per heavy atom. The van der Waals surface area contributed by atoms with Gasteiger partial charge in [-0.15, -0.1) is 0 Å². The molecule has 0 N–H and O–H groups in total. The number of hydrogen-bond acceptors (Lipinski definition) is 2. The third-order valence-electron chi connectivity index (χ3n) is 11.5. The molecular formula is C51H32N4. The molecule has 4 nitrogen and oxygen atoms in total. The summed E-state index contributed by atoms with van der Waals surface area (Å²) in [6.45, 7) is 0. The minimum atomic E-state index is 0.919. The van der Waals surface area contributed by atoms with Gasteiger partial charge in [0.15, 0.2) is 0 Å². The van der Waals surface area contributed by atoms with E-state index in [2.05, 4.69) is 190 Å². The van der Waals surface area contributed by atoms with Crippen LogP contribution in [-0.4, -0.2) is 14.1 Å². The van der Waals surface area contributed by atoms with Crippen LogP contribution >= 0.6 is 0 Å². The molecule has 0 saturated carbocycles. The van der Waals surface area contributed by atoms with Gasteiger partial charge in [-0.3, -0.25) is 4.57 Å². The quantitative estimate of drug-likeness (QED) is 0.183. The maximum Gasteiger partial charge on any atom is 0.137 e. The summed E-state index contributed by atoms with van der Waals surface area (Å²) in [6, 6.07) is 68.3. The molecule has 0 spiro atoms. The van der Waals surface area contributed by atoms with Crippen LogP contribution in [0.4, 0.5) is 17.1 Å². The third kappa shape index (κ3) is 4.31. The van der Waals surface area contributed by atoms with Gasteiger partial charge in [0.05, 0.1) is 33.4 Å². The van der Waals surface area contributed by atoms with Crippen LogP contribution in [0.3, 0.4) is 0 Å². The second kappa shape index (κ2) is 11.5. The fourth-order valence-corrected chi connectivity index (χ4v) is 9.18. The van der Waals surface area contributed by atoms with Gasteiger partial charge in [0.1, 0.15) is 5.82 Å². The first kappa shape index (κ1) is 30.1. The van der Waals surface area contributed by atoms with E-state index < -0.39 is 0 Å². The summed E-state index contributed by atoms with van der Waals surface area (Å²) < 4.78 is 4.71. The van der Waals surface area contributed by atoms with Crippen LogP contribution in [0, 0.1) is 0 Å². The van der Waals surface area contributed by atoms with Gasteiger partial charge in [-0.05, 0) is 94.9 Å². The van der Waals surface area contributed by atoms with Crippen LogP contribution in [0.1, 0.15) is 0 Å². The number of anilines is 3. The lowest BCUT2D eigenvalue weighted by Crippen LogP contribution is -2.15. The summed E-state index contributed by atoms with van der Waals surface area (Å²) in [4.78, 5) is 7.20. The van der Waals surface area contributed by atoms with Gasteiger partial charge in [-0.25, -0.2) is 4.98 Å². The van der Waals surface area contributed by atoms with E-state index in [1.165, 1.54) is 77.0 Å². The molecule has 0 bridgehead atoms. The van der Waals surface area contributed by atoms with Gasteiger partial charge in [0.25, 0.3) is 0 Å². The maximum absolute atomic E-state index is 4.72. The van der Waals surface area contributed by atoms with E-state index in [9.17, 15) is 0 Å². The Balaban J connectivity index is 1.09. The molecule has 1 aliphatic heterocycles. The van der Waals surface area contributed by atoms with E-state index in [1.54, 1.807) is 0 Å². The zero-order chi connectivity index (χ0) is 36.0. The van der Waals surface area contributed by atoms with Crippen LogP contribution < -0.4 is 4.90 Å². The molecular weight excluding hydrogens is 669 g/mol. The lowest BCUT2D eigenvalue weighted by atomic mass is 9.89. The van der Waals surface area contributed by atoms with Crippen LogP contribution in [0.15, 0.2) is 194 Å². The SMILES string of the molecule is c1ccc(N2c3cccc4cccc(c34)-c3ccc4c(c32)c2ccccc2n4-c2cccc(-c3ccc4c(c3)c3ccccc3n4-c3ccccn3)c2)cc1. The summed E-state index contributed by atoms with van der Waals surface area (Å²) in [5.74, 6) is 0.919. The highest BCUT2D eigenvalue weighted by Gasteiger charge is 2.30. The smallest absolute Gasteiger partial charge is 0.137 e. The molecule has 0 radical (unpaired) electrons. The first-order chi connectivity index (χ1) is 27.3. The molecule has 256 valence electrons. The van der Waals surface area contributed by atoms with Crippen LogP contribution in [0.25, 0.3) is 88.1 Å². The van der Waals surface area contributed by atoms with Crippen molar-refractivity contribution in [3.05, 3.63) is 194 Å². The van der Waals surface area contributed by atoms with E-state index in [0.29, 0.717) is 0 Å². The molecule has 0 unspecified atom stereocenters. The first-order valence-corrected chi connectivity index (χ1v) is 18.8. The monoisotopic (exact) mass is 700 g/mol. The second-order valence-electron chi connectivity index (χ2n) is 14.4. The van der Waals surface area contributed by atoms with Crippen molar-refractivity contribution in [3.8, 4) is 33.8 Å². The highest BCUT2D eigenvalue weighted by atomic mass is 15.2. The standard InChI is InChI=1S/C51H32N4/c1-2-16-36(17-3-1)54-46-24-12-14-33-13-11-21-39(49(33)46)40-27-29-47-50(51(40)54)41-20-5-7-23-44(41)53(47)37-18-10-15-34(31-37)35-26-28-45-42(32-35)38-19-4-6-22-43(38)55(45)48-25-8-9-30-52-48/h1-32H. The Morgan fingerprint density at radius 3 is 1.93 bits per heavy atom. The first-order valence-electron chi connectivity index (χ1n) is 18.8. The second-order valence-corrected chi connectivity index (χ2v) is 14.4. The minimum Gasteiger partial charge on any atom is -0.309 e.